The van der Waals surface area contributed by atoms with Gasteiger partial charge in [0.25, 0.3) is 0 Å². The summed E-state index contributed by atoms with van der Waals surface area (Å²) in [5, 5.41) is 17.7. The summed E-state index contributed by atoms with van der Waals surface area (Å²) in [6.45, 7) is 2.18. The van der Waals surface area contributed by atoms with Crippen LogP contribution in [0.3, 0.4) is 0 Å². The molecule has 5 heteroatoms. The maximum atomic E-state index is 13.5. The van der Waals surface area contributed by atoms with Crippen molar-refractivity contribution < 1.29 is 19.4 Å². The Bertz CT molecular complexity index is 460. The second-order valence-electron chi connectivity index (χ2n) is 4.16. The van der Waals surface area contributed by atoms with Crippen LogP contribution in [0, 0.1) is 5.82 Å². The Labute approximate surface area is 116 Å². The Balaban J connectivity index is 2.70. The van der Waals surface area contributed by atoms with E-state index in [1.54, 1.807) is 23.9 Å². The summed E-state index contributed by atoms with van der Waals surface area (Å²) in [7, 11) is 0. The predicted octanol–water partition coefficient (Wildman–Crippen LogP) is 2.93. The van der Waals surface area contributed by atoms with Gasteiger partial charge in [0.15, 0.2) is 0 Å². The van der Waals surface area contributed by atoms with Crippen LogP contribution in [0.1, 0.15) is 24.5 Å². The van der Waals surface area contributed by atoms with E-state index in [0.717, 1.165) is 18.1 Å². The molecule has 1 aromatic carbocycles. The summed E-state index contributed by atoms with van der Waals surface area (Å²) < 4.78 is 13.5. The minimum atomic E-state index is -1.10. The lowest BCUT2D eigenvalue weighted by Gasteiger charge is -2.09. The van der Waals surface area contributed by atoms with Gasteiger partial charge < -0.3 is 10.2 Å². The zero-order valence-corrected chi connectivity index (χ0v) is 11.5. The van der Waals surface area contributed by atoms with E-state index in [0.29, 0.717) is 11.0 Å². The standard InChI is InChI=1S/C14H17FO3S/c1-10(6-7-16)19-9-11-2-4-13(15)12(8-11)3-5-14(17)18/h2-5,8,10,16H,6-7,9H2,1H3,(H,17,18). The number of aliphatic hydroxyl groups is 1. The van der Waals surface area contributed by atoms with Gasteiger partial charge in [-0.2, -0.15) is 11.8 Å². The maximum Gasteiger partial charge on any atom is 0.328 e. The van der Waals surface area contributed by atoms with Crippen LogP contribution < -0.4 is 0 Å². The predicted molar refractivity (Wildman–Crippen MR) is 75.5 cm³/mol. The molecule has 0 aliphatic rings. The van der Waals surface area contributed by atoms with Crippen LogP contribution in [0.15, 0.2) is 24.3 Å². The van der Waals surface area contributed by atoms with Gasteiger partial charge in [-0.1, -0.05) is 13.0 Å². The lowest BCUT2D eigenvalue weighted by Crippen LogP contribution is -2.00. The summed E-state index contributed by atoms with van der Waals surface area (Å²) >= 11 is 1.67. The molecule has 0 saturated carbocycles. The Morgan fingerprint density at radius 3 is 2.89 bits per heavy atom. The normalized spacial score (nSPS) is 12.8. The molecule has 0 aliphatic heterocycles. The molecule has 0 spiro atoms. The number of thioether (sulfide) groups is 1. The lowest BCUT2D eigenvalue weighted by atomic mass is 10.1. The molecule has 0 heterocycles. The van der Waals surface area contributed by atoms with E-state index in [1.807, 2.05) is 6.92 Å². The van der Waals surface area contributed by atoms with E-state index in [1.165, 1.54) is 12.1 Å². The van der Waals surface area contributed by atoms with Crippen molar-refractivity contribution in [1.29, 1.82) is 0 Å². The maximum absolute atomic E-state index is 13.5. The van der Waals surface area contributed by atoms with Crippen LogP contribution in [-0.4, -0.2) is 28.0 Å². The molecule has 0 aliphatic carbocycles. The van der Waals surface area contributed by atoms with Crippen LogP contribution in [-0.2, 0) is 10.5 Å². The van der Waals surface area contributed by atoms with Gasteiger partial charge in [-0.3, -0.25) is 0 Å². The highest BCUT2D eigenvalue weighted by atomic mass is 32.2. The number of aliphatic hydroxyl groups excluding tert-OH is 1. The molecule has 1 unspecified atom stereocenters. The Morgan fingerprint density at radius 1 is 1.53 bits per heavy atom. The number of rotatable bonds is 7. The minimum Gasteiger partial charge on any atom is -0.478 e. The van der Waals surface area contributed by atoms with E-state index >= 15 is 0 Å². The number of aliphatic carboxylic acids is 1. The number of carboxylic acid groups (broad SMARTS) is 1. The summed E-state index contributed by atoms with van der Waals surface area (Å²) in [5.41, 5.74) is 1.21. The molecule has 2 N–H and O–H groups in total. The van der Waals surface area contributed by atoms with Crippen LogP contribution >= 0.6 is 11.8 Å². The van der Waals surface area contributed by atoms with Crippen molar-refractivity contribution in [2.75, 3.05) is 6.61 Å². The summed E-state index contributed by atoms with van der Waals surface area (Å²) in [6, 6.07) is 4.67. The molecule has 0 fully saturated rings. The van der Waals surface area contributed by atoms with Crippen LogP contribution in [0.5, 0.6) is 0 Å². The molecule has 1 atom stereocenters. The molecule has 3 nitrogen and oxygen atoms in total. The molecule has 0 bridgehead atoms. The number of hydrogen-bond donors (Lipinski definition) is 2. The molecule has 104 valence electrons. The first-order valence-corrected chi connectivity index (χ1v) is 6.99. The fourth-order valence-electron chi connectivity index (χ4n) is 1.48. The number of hydrogen-bond acceptors (Lipinski definition) is 3. The monoisotopic (exact) mass is 284 g/mol. The zero-order valence-electron chi connectivity index (χ0n) is 10.7. The molecule has 0 aromatic heterocycles. The molecule has 1 aromatic rings. The van der Waals surface area contributed by atoms with Crippen molar-refractivity contribution >= 4 is 23.8 Å². The quantitative estimate of drug-likeness (QED) is 0.756. The topological polar surface area (TPSA) is 57.5 Å². The fraction of sp³-hybridized carbons (Fsp3) is 0.357. The zero-order chi connectivity index (χ0) is 14.3. The van der Waals surface area contributed by atoms with Crippen LogP contribution in [0.25, 0.3) is 6.08 Å². The molecule has 1 rings (SSSR count). The molecule has 0 amide bonds. The van der Waals surface area contributed by atoms with Crippen molar-refractivity contribution in [3.8, 4) is 0 Å². The first kappa shape index (κ1) is 15.7. The van der Waals surface area contributed by atoms with Gasteiger partial charge >= 0.3 is 5.97 Å². The highest BCUT2D eigenvalue weighted by Gasteiger charge is 2.05. The summed E-state index contributed by atoms with van der Waals surface area (Å²) in [5.74, 6) is -0.833. The van der Waals surface area contributed by atoms with Crippen molar-refractivity contribution in [3.63, 3.8) is 0 Å². The molecule has 0 saturated heterocycles. The molecular weight excluding hydrogens is 267 g/mol. The third-order valence-corrected chi connectivity index (χ3v) is 3.84. The Kier molecular flexibility index (Phi) is 6.59. The first-order valence-electron chi connectivity index (χ1n) is 5.95. The van der Waals surface area contributed by atoms with Crippen molar-refractivity contribution in [2.45, 2.75) is 24.3 Å². The van der Waals surface area contributed by atoms with E-state index in [-0.39, 0.29) is 12.2 Å². The molecule has 19 heavy (non-hydrogen) atoms. The van der Waals surface area contributed by atoms with Crippen LogP contribution in [0.2, 0.25) is 0 Å². The fourth-order valence-corrected chi connectivity index (χ4v) is 2.40. The minimum absolute atomic E-state index is 0.157. The summed E-state index contributed by atoms with van der Waals surface area (Å²) in [6.07, 6.45) is 2.89. The third kappa shape index (κ3) is 5.89. The van der Waals surface area contributed by atoms with Gasteiger partial charge in [0, 0.05) is 29.2 Å². The highest BCUT2D eigenvalue weighted by molar-refractivity contribution is 7.99. The van der Waals surface area contributed by atoms with Crippen molar-refractivity contribution in [1.82, 2.24) is 0 Å². The number of halogens is 1. The average Bonchev–Trinajstić information content (AvgIpc) is 2.36. The second-order valence-corrected chi connectivity index (χ2v) is 5.59. The second kappa shape index (κ2) is 7.96. The Morgan fingerprint density at radius 2 is 2.26 bits per heavy atom. The summed E-state index contributed by atoms with van der Waals surface area (Å²) in [4.78, 5) is 10.4. The van der Waals surface area contributed by atoms with E-state index in [2.05, 4.69) is 0 Å². The number of carboxylic acids is 1. The number of carbonyl (C=O) groups is 1. The van der Waals surface area contributed by atoms with Gasteiger partial charge in [0.05, 0.1) is 0 Å². The largest absolute Gasteiger partial charge is 0.478 e. The van der Waals surface area contributed by atoms with E-state index < -0.39 is 11.8 Å². The smallest absolute Gasteiger partial charge is 0.328 e. The molecule has 0 radical (unpaired) electrons. The SMILES string of the molecule is CC(CCO)SCc1ccc(F)c(C=CC(=O)O)c1. The average molecular weight is 284 g/mol. The third-order valence-electron chi connectivity index (χ3n) is 2.54. The van der Waals surface area contributed by atoms with Crippen molar-refractivity contribution in [2.24, 2.45) is 0 Å². The van der Waals surface area contributed by atoms with Gasteiger partial charge in [-0.05, 0) is 30.2 Å². The number of benzene rings is 1. The van der Waals surface area contributed by atoms with Crippen molar-refractivity contribution in [3.05, 3.63) is 41.2 Å². The van der Waals surface area contributed by atoms with Gasteiger partial charge in [0.2, 0.25) is 0 Å². The van der Waals surface area contributed by atoms with Gasteiger partial charge in [-0.25, -0.2) is 9.18 Å². The Hall–Kier alpha value is -1.33. The molecular formula is C14H17FO3S. The van der Waals surface area contributed by atoms with E-state index in [4.69, 9.17) is 10.2 Å². The van der Waals surface area contributed by atoms with E-state index in [9.17, 15) is 9.18 Å². The first-order chi connectivity index (χ1) is 9.02. The lowest BCUT2D eigenvalue weighted by molar-refractivity contribution is -0.131. The highest BCUT2D eigenvalue weighted by Crippen LogP contribution is 2.21. The van der Waals surface area contributed by atoms with Gasteiger partial charge in [-0.15, -0.1) is 0 Å². The van der Waals surface area contributed by atoms with Crippen LogP contribution in [0.4, 0.5) is 4.39 Å². The van der Waals surface area contributed by atoms with Gasteiger partial charge in [0.1, 0.15) is 5.82 Å².